The fraction of sp³-hybridized carbons (Fsp3) is 0.615. The van der Waals surface area contributed by atoms with Gasteiger partial charge >= 0.3 is 0 Å². The topological polar surface area (TPSA) is 31.4 Å². The first-order valence-corrected chi connectivity index (χ1v) is 7.02. The molecular formula is C13H19ClN4. The molecule has 0 radical (unpaired) electrons. The van der Waals surface area contributed by atoms with Gasteiger partial charge in [-0.1, -0.05) is 11.6 Å². The Kier molecular flexibility index (Phi) is 3.68. The van der Waals surface area contributed by atoms with Crippen molar-refractivity contribution in [1.82, 2.24) is 15.2 Å². The van der Waals surface area contributed by atoms with Crippen LogP contribution in [0.2, 0.25) is 5.02 Å². The zero-order valence-corrected chi connectivity index (χ0v) is 11.2. The Bertz CT molecular complexity index is 388. The van der Waals surface area contributed by atoms with Crippen molar-refractivity contribution in [2.24, 2.45) is 0 Å². The highest BCUT2D eigenvalue weighted by Crippen LogP contribution is 2.22. The third kappa shape index (κ3) is 2.60. The molecule has 0 aromatic carbocycles. The van der Waals surface area contributed by atoms with Crippen LogP contribution in [-0.4, -0.2) is 55.2 Å². The first-order chi connectivity index (χ1) is 8.83. The quantitative estimate of drug-likeness (QED) is 0.872. The summed E-state index contributed by atoms with van der Waals surface area (Å²) in [6.45, 7) is 6.78. The van der Waals surface area contributed by atoms with Gasteiger partial charge in [0.15, 0.2) is 0 Å². The molecule has 0 aliphatic carbocycles. The molecule has 2 aliphatic rings. The standard InChI is InChI=1S/C13H19ClN4/c14-11-1-2-13(16-9-11)18-6-3-12(10-18)17-7-4-15-5-8-17/h1-2,9,12,15H,3-8,10H2. The molecule has 1 aromatic heterocycles. The van der Waals surface area contributed by atoms with Crippen LogP contribution in [0.1, 0.15) is 6.42 Å². The van der Waals surface area contributed by atoms with E-state index < -0.39 is 0 Å². The summed E-state index contributed by atoms with van der Waals surface area (Å²) >= 11 is 5.87. The fourth-order valence-electron chi connectivity index (χ4n) is 2.85. The lowest BCUT2D eigenvalue weighted by Gasteiger charge is -2.32. The van der Waals surface area contributed by atoms with Crippen LogP contribution in [0.4, 0.5) is 5.82 Å². The van der Waals surface area contributed by atoms with Crippen molar-refractivity contribution in [3.8, 4) is 0 Å². The summed E-state index contributed by atoms with van der Waals surface area (Å²) in [6.07, 6.45) is 2.97. The molecule has 98 valence electrons. The Morgan fingerprint density at radius 2 is 2.06 bits per heavy atom. The van der Waals surface area contributed by atoms with Crippen LogP contribution in [0, 0.1) is 0 Å². The number of pyridine rings is 1. The number of rotatable bonds is 2. The van der Waals surface area contributed by atoms with E-state index in [9.17, 15) is 0 Å². The average molecular weight is 267 g/mol. The molecule has 1 N–H and O–H groups in total. The normalized spacial score (nSPS) is 25.6. The van der Waals surface area contributed by atoms with E-state index in [4.69, 9.17) is 11.6 Å². The molecule has 1 atom stereocenters. The van der Waals surface area contributed by atoms with Gasteiger partial charge in [0.1, 0.15) is 5.82 Å². The van der Waals surface area contributed by atoms with Crippen LogP contribution in [0.3, 0.4) is 0 Å². The van der Waals surface area contributed by atoms with Crippen LogP contribution in [0.15, 0.2) is 18.3 Å². The predicted molar refractivity (Wildman–Crippen MR) is 74.3 cm³/mol. The number of halogens is 1. The monoisotopic (exact) mass is 266 g/mol. The summed E-state index contributed by atoms with van der Waals surface area (Å²) in [6, 6.07) is 4.62. The first-order valence-electron chi connectivity index (χ1n) is 6.64. The maximum Gasteiger partial charge on any atom is 0.128 e. The van der Waals surface area contributed by atoms with Gasteiger partial charge in [0.25, 0.3) is 0 Å². The number of hydrogen-bond donors (Lipinski definition) is 1. The molecule has 4 nitrogen and oxygen atoms in total. The first kappa shape index (κ1) is 12.2. The summed E-state index contributed by atoms with van der Waals surface area (Å²) in [5.41, 5.74) is 0. The molecule has 1 aromatic rings. The Labute approximate surface area is 113 Å². The minimum absolute atomic E-state index is 0.685. The molecule has 3 rings (SSSR count). The van der Waals surface area contributed by atoms with Crippen LogP contribution >= 0.6 is 11.6 Å². The zero-order valence-electron chi connectivity index (χ0n) is 10.5. The van der Waals surface area contributed by atoms with Crippen molar-refractivity contribution < 1.29 is 0 Å². The Hall–Kier alpha value is -0.840. The molecule has 18 heavy (non-hydrogen) atoms. The third-order valence-electron chi connectivity index (χ3n) is 3.87. The van der Waals surface area contributed by atoms with Crippen LogP contribution in [0.25, 0.3) is 0 Å². The van der Waals surface area contributed by atoms with Crippen molar-refractivity contribution in [2.45, 2.75) is 12.5 Å². The second-order valence-electron chi connectivity index (χ2n) is 5.01. The number of anilines is 1. The molecule has 2 fully saturated rings. The van der Waals surface area contributed by atoms with E-state index in [1.165, 1.54) is 19.5 Å². The van der Waals surface area contributed by atoms with Gasteiger partial charge in [-0.15, -0.1) is 0 Å². The second kappa shape index (κ2) is 5.43. The van der Waals surface area contributed by atoms with E-state index in [0.29, 0.717) is 11.1 Å². The maximum absolute atomic E-state index is 5.87. The Morgan fingerprint density at radius 1 is 1.22 bits per heavy atom. The van der Waals surface area contributed by atoms with Crippen molar-refractivity contribution >= 4 is 17.4 Å². The number of nitrogens with zero attached hydrogens (tertiary/aromatic N) is 3. The van der Waals surface area contributed by atoms with E-state index in [1.54, 1.807) is 6.20 Å². The number of nitrogens with one attached hydrogen (secondary N) is 1. The Balaban J connectivity index is 1.62. The Morgan fingerprint density at radius 3 is 2.78 bits per heavy atom. The number of piperazine rings is 1. The highest BCUT2D eigenvalue weighted by molar-refractivity contribution is 6.30. The maximum atomic E-state index is 5.87. The minimum Gasteiger partial charge on any atom is -0.355 e. The third-order valence-corrected chi connectivity index (χ3v) is 4.09. The van der Waals surface area contributed by atoms with Crippen molar-refractivity contribution in [2.75, 3.05) is 44.2 Å². The predicted octanol–water partition coefficient (Wildman–Crippen LogP) is 1.22. The van der Waals surface area contributed by atoms with E-state index in [2.05, 4.69) is 20.1 Å². The smallest absolute Gasteiger partial charge is 0.128 e. The van der Waals surface area contributed by atoms with Crippen molar-refractivity contribution in [1.29, 1.82) is 0 Å². The van der Waals surface area contributed by atoms with E-state index in [1.807, 2.05) is 12.1 Å². The average Bonchev–Trinajstić information content (AvgIpc) is 2.90. The molecule has 2 aliphatic heterocycles. The molecule has 0 spiro atoms. The van der Waals surface area contributed by atoms with Gasteiger partial charge in [-0.05, 0) is 18.6 Å². The van der Waals surface area contributed by atoms with Crippen molar-refractivity contribution in [3.63, 3.8) is 0 Å². The van der Waals surface area contributed by atoms with Crippen LogP contribution in [-0.2, 0) is 0 Å². The molecule has 2 saturated heterocycles. The van der Waals surface area contributed by atoms with Gasteiger partial charge in [-0.25, -0.2) is 4.98 Å². The number of aromatic nitrogens is 1. The highest BCUT2D eigenvalue weighted by atomic mass is 35.5. The summed E-state index contributed by atoms with van der Waals surface area (Å²) < 4.78 is 0. The zero-order chi connectivity index (χ0) is 12.4. The van der Waals surface area contributed by atoms with Crippen LogP contribution < -0.4 is 10.2 Å². The van der Waals surface area contributed by atoms with Gasteiger partial charge in [0.05, 0.1) is 5.02 Å². The largest absolute Gasteiger partial charge is 0.355 e. The summed E-state index contributed by atoms with van der Waals surface area (Å²) in [4.78, 5) is 9.37. The highest BCUT2D eigenvalue weighted by Gasteiger charge is 2.28. The molecule has 0 amide bonds. The summed E-state index contributed by atoms with van der Waals surface area (Å²) in [7, 11) is 0. The molecule has 0 bridgehead atoms. The summed E-state index contributed by atoms with van der Waals surface area (Å²) in [5.74, 6) is 1.05. The molecule has 1 unspecified atom stereocenters. The lowest BCUT2D eigenvalue weighted by molar-refractivity contribution is 0.185. The molecule has 3 heterocycles. The van der Waals surface area contributed by atoms with Crippen LogP contribution in [0.5, 0.6) is 0 Å². The molecule has 5 heteroatoms. The lowest BCUT2D eigenvalue weighted by Crippen LogP contribution is -2.49. The minimum atomic E-state index is 0.685. The van der Waals surface area contributed by atoms with E-state index in [-0.39, 0.29) is 0 Å². The van der Waals surface area contributed by atoms with E-state index in [0.717, 1.165) is 32.0 Å². The second-order valence-corrected chi connectivity index (χ2v) is 5.45. The number of hydrogen-bond acceptors (Lipinski definition) is 4. The van der Waals surface area contributed by atoms with Gasteiger partial charge in [0, 0.05) is 51.5 Å². The molecule has 0 saturated carbocycles. The van der Waals surface area contributed by atoms with Gasteiger partial charge in [0.2, 0.25) is 0 Å². The van der Waals surface area contributed by atoms with Gasteiger partial charge in [-0.3, -0.25) is 4.90 Å². The van der Waals surface area contributed by atoms with E-state index >= 15 is 0 Å². The SMILES string of the molecule is Clc1ccc(N2CCC(N3CCNCC3)C2)nc1. The van der Waals surface area contributed by atoms with Gasteiger partial charge in [-0.2, -0.15) is 0 Å². The van der Waals surface area contributed by atoms with Crippen molar-refractivity contribution in [3.05, 3.63) is 23.4 Å². The van der Waals surface area contributed by atoms with Gasteiger partial charge < -0.3 is 10.2 Å². The molecular weight excluding hydrogens is 248 g/mol. The summed E-state index contributed by atoms with van der Waals surface area (Å²) in [5, 5.41) is 4.11. The fourth-order valence-corrected chi connectivity index (χ4v) is 2.96. The lowest BCUT2D eigenvalue weighted by atomic mass is 10.2.